The molecule has 1 atom stereocenters. The fourth-order valence-electron chi connectivity index (χ4n) is 3.73. The third-order valence-corrected chi connectivity index (χ3v) is 5.44. The van der Waals surface area contributed by atoms with E-state index in [-0.39, 0.29) is 57.7 Å². The second kappa shape index (κ2) is 15.1. The SMILES string of the molecule is NC(=O)CN1CCCNC(=O)NCCCN(C(=O)OCc2ccccc2)[C@@H](CCCN=C(N)N)C1=O. The average Bonchev–Trinajstić information content (AvgIpc) is 2.85. The Hall–Kier alpha value is -4.03. The zero-order valence-corrected chi connectivity index (χ0v) is 20.4. The number of hydrogen-bond donors (Lipinski definition) is 5. The minimum Gasteiger partial charge on any atom is -0.445 e. The molecule has 0 saturated carbocycles. The summed E-state index contributed by atoms with van der Waals surface area (Å²) in [7, 11) is 0. The number of rotatable bonds is 8. The molecular weight excluding hydrogens is 468 g/mol. The number of amides is 5. The number of nitrogens with zero attached hydrogens (tertiary/aromatic N) is 3. The molecule has 0 aliphatic carbocycles. The molecule has 0 aromatic heterocycles. The van der Waals surface area contributed by atoms with Crippen LogP contribution in [-0.4, -0.2) is 85.0 Å². The summed E-state index contributed by atoms with van der Waals surface area (Å²) in [4.78, 5) is 57.1. The van der Waals surface area contributed by atoms with Crippen molar-refractivity contribution in [2.45, 2.75) is 38.3 Å². The Balaban J connectivity index is 2.30. The van der Waals surface area contributed by atoms with Gasteiger partial charge in [-0.3, -0.25) is 19.5 Å². The zero-order valence-electron chi connectivity index (χ0n) is 20.4. The van der Waals surface area contributed by atoms with Gasteiger partial charge >= 0.3 is 12.1 Å². The van der Waals surface area contributed by atoms with E-state index in [1.807, 2.05) is 30.3 Å². The number of carbonyl (C=O) groups is 4. The number of urea groups is 1. The number of nitrogens with two attached hydrogens (primary N) is 3. The molecule has 1 aliphatic rings. The van der Waals surface area contributed by atoms with Gasteiger partial charge in [0.2, 0.25) is 11.8 Å². The molecule has 13 nitrogen and oxygen atoms in total. The lowest BCUT2D eigenvalue weighted by atomic mass is 10.1. The molecule has 0 radical (unpaired) electrons. The van der Waals surface area contributed by atoms with Crippen molar-refractivity contribution in [3.8, 4) is 0 Å². The van der Waals surface area contributed by atoms with Gasteiger partial charge in [0.25, 0.3) is 0 Å². The van der Waals surface area contributed by atoms with Crippen LogP contribution in [0.2, 0.25) is 0 Å². The standard InChI is InChI=1S/C23H36N8O5/c24-19(32)15-30-13-5-11-28-22(34)29-12-6-14-31(18(20(30)33)9-4-10-27-21(25)26)23(35)36-16-17-7-2-1-3-8-17/h1-3,7-8,18H,4-6,9-16H2,(H2,24,32)(H4,25,26,27)(H2,28,29,34)/t18-/m0/s1. The molecule has 8 N–H and O–H groups in total. The highest BCUT2D eigenvalue weighted by atomic mass is 16.6. The molecule has 0 bridgehead atoms. The van der Waals surface area contributed by atoms with Gasteiger partial charge in [-0.2, -0.15) is 0 Å². The first kappa shape index (κ1) is 28.2. The fourth-order valence-corrected chi connectivity index (χ4v) is 3.73. The lowest BCUT2D eigenvalue weighted by molar-refractivity contribution is -0.140. The van der Waals surface area contributed by atoms with E-state index in [4.69, 9.17) is 21.9 Å². The molecule has 198 valence electrons. The van der Waals surface area contributed by atoms with Crippen LogP contribution in [0.3, 0.4) is 0 Å². The Kier molecular flexibility index (Phi) is 11.8. The first-order valence-electron chi connectivity index (χ1n) is 11.9. The molecule has 0 spiro atoms. The molecule has 1 aromatic rings. The summed E-state index contributed by atoms with van der Waals surface area (Å²) in [6, 6.07) is 7.87. The third-order valence-electron chi connectivity index (χ3n) is 5.44. The quantitative estimate of drug-likeness (QED) is 0.178. The summed E-state index contributed by atoms with van der Waals surface area (Å²) in [5.74, 6) is -1.20. The van der Waals surface area contributed by atoms with Gasteiger partial charge in [-0.25, -0.2) is 9.59 Å². The smallest absolute Gasteiger partial charge is 0.410 e. The number of nitrogens with one attached hydrogen (secondary N) is 2. The van der Waals surface area contributed by atoms with Crippen molar-refractivity contribution in [2.24, 2.45) is 22.2 Å². The Morgan fingerprint density at radius 3 is 2.33 bits per heavy atom. The van der Waals surface area contributed by atoms with Gasteiger partial charge in [0.05, 0.1) is 6.54 Å². The van der Waals surface area contributed by atoms with Crippen LogP contribution in [-0.2, 0) is 20.9 Å². The molecule has 13 heteroatoms. The molecule has 2 rings (SSSR count). The van der Waals surface area contributed by atoms with Crippen molar-refractivity contribution in [1.29, 1.82) is 0 Å². The van der Waals surface area contributed by atoms with Crippen LogP contribution in [0, 0.1) is 0 Å². The van der Waals surface area contributed by atoms with Gasteiger partial charge in [0.15, 0.2) is 5.96 Å². The van der Waals surface area contributed by atoms with Crippen molar-refractivity contribution >= 4 is 29.9 Å². The minimum atomic E-state index is -0.939. The van der Waals surface area contributed by atoms with E-state index in [0.29, 0.717) is 25.8 Å². The summed E-state index contributed by atoms with van der Waals surface area (Å²) < 4.78 is 5.53. The topological polar surface area (TPSA) is 198 Å². The van der Waals surface area contributed by atoms with E-state index in [1.165, 1.54) is 9.80 Å². The van der Waals surface area contributed by atoms with E-state index in [9.17, 15) is 19.2 Å². The molecule has 1 saturated heterocycles. The maximum atomic E-state index is 13.6. The van der Waals surface area contributed by atoms with Crippen molar-refractivity contribution in [1.82, 2.24) is 20.4 Å². The summed E-state index contributed by atoms with van der Waals surface area (Å²) in [5.41, 5.74) is 17.0. The number of primary amides is 1. The van der Waals surface area contributed by atoms with Crippen LogP contribution in [0.15, 0.2) is 35.3 Å². The van der Waals surface area contributed by atoms with E-state index in [1.54, 1.807) is 0 Å². The first-order valence-corrected chi connectivity index (χ1v) is 11.9. The highest BCUT2D eigenvalue weighted by Crippen LogP contribution is 2.16. The Bertz CT molecular complexity index is 907. The molecular formula is C23H36N8O5. The predicted molar refractivity (Wildman–Crippen MR) is 133 cm³/mol. The van der Waals surface area contributed by atoms with Crippen LogP contribution in [0.5, 0.6) is 0 Å². The Morgan fingerprint density at radius 1 is 1.03 bits per heavy atom. The monoisotopic (exact) mass is 504 g/mol. The highest BCUT2D eigenvalue weighted by Gasteiger charge is 2.34. The second-order valence-corrected chi connectivity index (χ2v) is 8.31. The average molecular weight is 505 g/mol. The van der Waals surface area contributed by atoms with Crippen LogP contribution in [0.25, 0.3) is 0 Å². The van der Waals surface area contributed by atoms with Gasteiger partial charge < -0.3 is 37.5 Å². The number of aliphatic imine (C=N–C) groups is 1. The van der Waals surface area contributed by atoms with Gasteiger partial charge in [-0.1, -0.05) is 30.3 Å². The van der Waals surface area contributed by atoms with E-state index >= 15 is 0 Å². The molecule has 36 heavy (non-hydrogen) atoms. The fraction of sp³-hybridized carbons (Fsp3) is 0.522. The van der Waals surface area contributed by atoms with E-state index in [0.717, 1.165) is 5.56 Å². The molecule has 1 aliphatic heterocycles. The summed E-state index contributed by atoms with van der Waals surface area (Å²) in [5, 5.41) is 5.42. The maximum absolute atomic E-state index is 13.6. The highest BCUT2D eigenvalue weighted by molar-refractivity contribution is 5.89. The van der Waals surface area contributed by atoms with E-state index in [2.05, 4.69) is 15.6 Å². The lowest BCUT2D eigenvalue weighted by Gasteiger charge is -2.34. The van der Waals surface area contributed by atoms with Gasteiger partial charge in [0, 0.05) is 32.7 Å². The van der Waals surface area contributed by atoms with Crippen molar-refractivity contribution in [3.63, 3.8) is 0 Å². The summed E-state index contributed by atoms with van der Waals surface area (Å²) in [6.07, 6.45) is 0.722. The predicted octanol–water partition coefficient (Wildman–Crippen LogP) is -0.546. The number of carbonyl (C=O) groups excluding carboxylic acids is 4. The van der Waals surface area contributed by atoms with Crippen LogP contribution >= 0.6 is 0 Å². The molecule has 1 fully saturated rings. The van der Waals surface area contributed by atoms with Gasteiger partial charge in [-0.15, -0.1) is 0 Å². The lowest BCUT2D eigenvalue weighted by Crippen LogP contribution is -2.53. The summed E-state index contributed by atoms with van der Waals surface area (Å²) in [6.45, 7) is 0.852. The largest absolute Gasteiger partial charge is 0.445 e. The molecule has 1 aromatic carbocycles. The molecule has 1 heterocycles. The van der Waals surface area contributed by atoms with Crippen molar-refractivity contribution in [3.05, 3.63) is 35.9 Å². The Morgan fingerprint density at radius 2 is 1.69 bits per heavy atom. The second-order valence-electron chi connectivity index (χ2n) is 8.31. The normalized spacial score (nSPS) is 17.5. The number of ether oxygens (including phenoxy) is 1. The zero-order chi connectivity index (χ0) is 26.3. The van der Waals surface area contributed by atoms with Crippen LogP contribution < -0.4 is 27.8 Å². The third kappa shape index (κ3) is 10.1. The Labute approximate surface area is 210 Å². The van der Waals surface area contributed by atoms with Crippen molar-refractivity contribution < 1.29 is 23.9 Å². The van der Waals surface area contributed by atoms with E-state index < -0.39 is 23.9 Å². The van der Waals surface area contributed by atoms with Gasteiger partial charge in [-0.05, 0) is 31.2 Å². The number of benzene rings is 1. The molecule has 0 unspecified atom stereocenters. The number of hydrogen-bond acceptors (Lipinski definition) is 6. The van der Waals surface area contributed by atoms with Crippen LogP contribution in [0.1, 0.15) is 31.2 Å². The van der Waals surface area contributed by atoms with Gasteiger partial charge in [0.1, 0.15) is 12.6 Å². The van der Waals surface area contributed by atoms with Crippen molar-refractivity contribution in [2.75, 3.05) is 39.3 Å². The number of guanidine groups is 1. The molecule has 5 amide bonds. The minimum absolute atomic E-state index is 0.0245. The summed E-state index contributed by atoms with van der Waals surface area (Å²) >= 11 is 0. The van der Waals surface area contributed by atoms with Crippen LogP contribution in [0.4, 0.5) is 9.59 Å². The first-order chi connectivity index (χ1) is 17.3. The maximum Gasteiger partial charge on any atom is 0.410 e.